The van der Waals surface area contributed by atoms with Crippen molar-refractivity contribution in [3.63, 3.8) is 0 Å². The lowest BCUT2D eigenvalue weighted by Gasteiger charge is -2.21. The van der Waals surface area contributed by atoms with Crippen molar-refractivity contribution in [1.82, 2.24) is 0 Å². The molecule has 0 saturated heterocycles. The predicted octanol–water partition coefficient (Wildman–Crippen LogP) is 4.43. The second kappa shape index (κ2) is 6.11. The molecule has 0 amide bonds. The summed E-state index contributed by atoms with van der Waals surface area (Å²) in [7, 11) is 0. The number of hydrogen-bond donors (Lipinski definition) is 1. The van der Waals surface area contributed by atoms with E-state index in [1.54, 1.807) is 11.8 Å². The van der Waals surface area contributed by atoms with Gasteiger partial charge in [-0.25, -0.2) is 0 Å². The van der Waals surface area contributed by atoms with Crippen LogP contribution in [0, 0.1) is 11.3 Å². The van der Waals surface area contributed by atoms with Crippen LogP contribution in [0.1, 0.15) is 17.5 Å². The average molecular weight is 296 g/mol. The summed E-state index contributed by atoms with van der Waals surface area (Å²) in [6.45, 7) is 0.962. The number of benzene rings is 2. The molecule has 0 aliphatic carbocycles. The molecule has 106 valence electrons. The first-order valence-electron chi connectivity index (χ1n) is 6.94. The number of para-hydroxylation sites is 1. The summed E-state index contributed by atoms with van der Waals surface area (Å²) in [6.07, 6.45) is 4.17. The van der Waals surface area contributed by atoms with Crippen LogP contribution < -0.4 is 10.1 Å². The van der Waals surface area contributed by atoms with Crippen LogP contribution >= 0.6 is 11.8 Å². The van der Waals surface area contributed by atoms with Gasteiger partial charge in [-0.05, 0) is 42.9 Å². The molecule has 2 aromatic carbocycles. The lowest BCUT2D eigenvalue weighted by atomic mass is 10.0. The summed E-state index contributed by atoms with van der Waals surface area (Å²) in [5, 5.41) is 12.8. The van der Waals surface area contributed by atoms with Gasteiger partial charge in [-0.2, -0.15) is 5.26 Å². The molecule has 0 radical (unpaired) electrons. The molecule has 0 bridgehead atoms. The number of rotatable bonds is 3. The molecule has 1 aliphatic heterocycles. The Morgan fingerprint density at radius 2 is 2.00 bits per heavy atom. The van der Waals surface area contributed by atoms with Gasteiger partial charge in [0.25, 0.3) is 0 Å². The van der Waals surface area contributed by atoms with E-state index < -0.39 is 0 Å². The third kappa shape index (κ3) is 2.70. The molecule has 1 heterocycles. The van der Waals surface area contributed by atoms with E-state index >= 15 is 0 Å². The lowest BCUT2D eigenvalue weighted by Crippen LogP contribution is -2.12. The summed E-state index contributed by atoms with van der Waals surface area (Å²) in [5.41, 5.74) is 2.93. The van der Waals surface area contributed by atoms with Gasteiger partial charge < -0.3 is 10.1 Å². The molecule has 3 nitrogen and oxygen atoms in total. The zero-order chi connectivity index (χ0) is 14.7. The van der Waals surface area contributed by atoms with Crippen LogP contribution in [0.2, 0.25) is 0 Å². The highest BCUT2D eigenvalue weighted by Crippen LogP contribution is 2.37. The van der Waals surface area contributed by atoms with Crippen molar-refractivity contribution in [2.45, 2.75) is 17.7 Å². The summed E-state index contributed by atoms with van der Waals surface area (Å²) in [4.78, 5) is 0.938. The molecule has 1 N–H and O–H groups in total. The van der Waals surface area contributed by atoms with Gasteiger partial charge in [-0.3, -0.25) is 0 Å². The van der Waals surface area contributed by atoms with Gasteiger partial charge in [-0.15, -0.1) is 11.8 Å². The minimum atomic E-state index is 0.596. The number of anilines is 1. The van der Waals surface area contributed by atoms with Gasteiger partial charge in [0.05, 0.1) is 5.69 Å². The van der Waals surface area contributed by atoms with Crippen molar-refractivity contribution in [1.29, 1.82) is 5.26 Å². The summed E-state index contributed by atoms with van der Waals surface area (Å²) >= 11 is 1.56. The quantitative estimate of drug-likeness (QED) is 0.851. The van der Waals surface area contributed by atoms with Gasteiger partial charge in [0.15, 0.2) is 5.75 Å². The van der Waals surface area contributed by atoms with Crippen LogP contribution in [0.25, 0.3) is 0 Å². The number of hydrogen-bond acceptors (Lipinski definition) is 4. The highest BCUT2D eigenvalue weighted by Gasteiger charge is 2.16. The number of nitrogens with one attached hydrogen (secondary N) is 1. The van der Waals surface area contributed by atoms with Crippen molar-refractivity contribution in [2.24, 2.45) is 0 Å². The lowest BCUT2D eigenvalue weighted by molar-refractivity contribution is 0.479. The normalized spacial score (nSPS) is 13.0. The zero-order valence-corrected chi connectivity index (χ0v) is 12.7. The van der Waals surface area contributed by atoms with E-state index in [0.29, 0.717) is 11.3 Å². The van der Waals surface area contributed by atoms with Gasteiger partial charge >= 0.3 is 0 Å². The Kier molecular flexibility index (Phi) is 4.03. The van der Waals surface area contributed by atoms with Crippen molar-refractivity contribution >= 4 is 17.4 Å². The summed E-state index contributed by atoms with van der Waals surface area (Å²) in [6, 6.07) is 14.0. The Bertz CT molecular complexity index is 706. The standard InChI is InChI=1S/C17H16N2OS/c1-21-16-9-3-7-14(13(16)11-18)20-15-8-2-5-12-6-4-10-19-17(12)15/h2-3,5,7-9,19H,4,6,10H2,1H3. The zero-order valence-electron chi connectivity index (χ0n) is 11.8. The number of aryl methyl sites for hydroxylation is 1. The maximum atomic E-state index is 9.39. The topological polar surface area (TPSA) is 45.0 Å². The molecule has 0 aromatic heterocycles. The Hall–Kier alpha value is -2.12. The van der Waals surface area contributed by atoms with Crippen molar-refractivity contribution in [3.05, 3.63) is 47.5 Å². The minimum absolute atomic E-state index is 0.596. The monoisotopic (exact) mass is 296 g/mol. The SMILES string of the molecule is CSc1cccc(Oc2cccc3c2NCCC3)c1C#N. The molecule has 0 unspecified atom stereocenters. The van der Waals surface area contributed by atoms with E-state index in [1.165, 1.54) is 5.56 Å². The smallest absolute Gasteiger partial charge is 0.150 e. The van der Waals surface area contributed by atoms with E-state index in [0.717, 1.165) is 35.7 Å². The fourth-order valence-electron chi connectivity index (χ4n) is 2.56. The number of ether oxygens (including phenoxy) is 1. The first-order chi connectivity index (χ1) is 10.3. The van der Waals surface area contributed by atoms with Crippen LogP contribution in [-0.4, -0.2) is 12.8 Å². The minimum Gasteiger partial charge on any atom is -0.454 e. The Morgan fingerprint density at radius 3 is 2.81 bits per heavy atom. The van der Waals surface area contributed by atoms with E-state index in [9.17, 15) is 5.26 Å². The Morgan fingerprint density at radius 1 is 1.19 bits per heavy atom. The van der Waals surface area contributed by atoms with Crippen LogP contribution in [-0.2, 0) is 6.42 Å². The van der Waals surface area contributed by atoms with E-state index in [-0.39, 0.29) is 0 Å². The van der Waals surface area contributed by atoms with Gasteiger partial charge in [0, 0.05) is 11.4 Å². The number of nitrogens with zero attached hydrogens (tertiary/aromatic N) is 1. The Labute approximate surface area is 128 Å². The first kappa shape index (κ1) is 13.8. The molecule has 0 atom stereocenters. The molecular weight excluding hydrogens is 280 g/mol. The van der Waals surface area contributed by atoms with E-state index in [4.69, 9.17) is 4.74 Å². The molecule has 0 fully saturated rings. The molecule has 1 aliphatic rings. The highest BCUT2D eigenvalue weighted by atomic mass is 32.2. The van der Waals surface area contributed by atoms with Crippen molar-refractivity contribution in [2.75, 3.05) is 18.1 Å². The van der Waals surface area contributed by atoms with E-state index in [2.05, 4.69) is 17.5 Å². The van der Waals surface area contributed by atoms with Crippen LogP contribution in [0.4, 0.5) is 5.69 Å². The second-order valence-electron chi connectivity index (χ2n) is 4.87. The molecular formula is C17H16N2OS. The first-order valence-corrected chi connectivity index (χ1v) is 8.16. The van der Waals surface area contributed by atoms with Crippen molar-refractivity contribution < 1.29 is 4.74 Å². The number of nitriles is 1. The molecule has 2 aromatic rings. The van der Waals surface area contributed by atoms with Gasteiger partial charge in [0.2, 0.25) is 0 Å². The maximum Gasteiger partial charge on any atom is 0.150 e. The molecule has 0 saturated carbocycles. The van der Waals surface area contributed by atoms with Crippen molar-refractivity contribution in [3.8, 4) is 17.6 Å². The summed E-state index contributed by atoms with van der Waals surface area (Å²) < 4.78 is 6.04. The van der Waals surface area contributed by atoms with Crippen LogP contribution in [0.3, 0.4) is 0 Å². The number of thioether (sulfide) groups is 1. The number of fused-ring (bicyclic) bond motifs is 1. The average Bonchev–Trinajstić information content (AvgIpc) is 2.55. The second-order valence-corrected chi connectivity index (χ2v) is 5.72. The van der Waals surface area contributed by atoms with E-state index in [1.807, 2.05) is 36.6 Å². The van der Waals surface area contributed by atoms with Crippen LogP contribution in [0.5, 0.6) is 11.5 Å². The largest absolute Gasteiger partial charge is 0.454 e. The fourth-order valence-corrected chi connectivity index (χ4v) is 3.12. The predicted molar refractivity (Wildman–Crippen MR) is 86.3 cm³/mol. The van der Waals surface area contributed by atoms with Crippen LogP contribution in [0.15, 0.2) is 41.3 Å². The summed E-state index contributed by atoms with van der Waals surface area (Å²) in [5.74, 6) is 1.41. The van der Waals surface area contributed by atoms with Gasteiger partial charge in [-0.1, -0.05) is 18.2 Å². The molecule has 4 heteroatoms. The fraction of sp³-hybridized carbons (Fsp3) is 0.235. The maximum absolute atomic E-state index is 9.39. The third-order valence-corrected chi connectivity index (χ3v) is 4.36. The van der Waals surface area contributed by atoms with Gasteiger partial charge in [0.1, 0.15) is 17.4 Å². The molecule has 3 rings (SSSR count). The molecule has 0 spiro atoms. The third-order valence-electron chi connectivity index (χ3n) is 3.58. The highest BCUT2D eigenvalue weighted by molar-refractivity contribution is 7.98. The molecule has 21 heavy (non-hydrogen) atoms. The Balaban J connectivity index is 2.00.